The summed E-state index contributed by atoms with van der Waals surface area (Å²) in [5.74, 6) is 0.377. The van der Waals surface area contributed by atoms with E-state index in [1.54, 1.807) is 31.2 Å². The molecule has 0 saturated carbocycles. The van der Waals surface area contributed by atoms with Crippen molar-refractivity contribution in [3.63, 3.8) is 0 Å². The molecule has 0 amide bonds. The van der Waals surface area contributed by atoms with Gasteiger partial charge >= 0.3 is 0 Å². The zero-order valence-corrected chi connectivity index (χ0v) is 14.6. The van der Waals surface area contributed by atoms with Crippen molar-refractivity contribution < 1.29 is 14.7 Å². The zero-order valence-electron chi connectivity index (χ0n) is 14.6. The molecule has 0 aliphatic heterocycles. The topological polar surface area (TPSA) is 99.3 Å². The molecule has 6 nitrogen and oxygen atoms in total. The zero-order chi connectivity index (χ0) is 19.0. The molecule has 0 bridgehead atoms. The van der Waals surface area contributed by atoms with Crippen LogP contribution in [-0.2, 0) is 0 Å². The van der Waals surface area contributed by atoms with Crippen LogP contribution < -0.4 is 5.56 Å². The first kappa shape index (κ1) is 17.2. The Kier molecular flexibility index (Phi) is 4.35. The van der Waals surface area contributed by atoms with E-state index in [1.165, 1.54) is 0 Å². The first-order chi connectivity index (χ1) is 13.1. The van der Waals surface area contributed by atoms with Crippen LogP contribution in [0, 0.1) is 6.92 Å². The van der Waals surface area contributed by atoms with Gasteiger partial charge in [-0.1, -0.05) is 41.6 Å². The number of hydrogen-bond acceptors (Lipinski definition) is 5. The normalized spacial score (nSPS) is 12.4. The summed E-state index contributed by atoms with van der Waals surface area (Å²) in [4.78, 5) is 15.8. The van der Waals surface area contributed by atoms with Gasteiger partial charge in [-0.15, -0.1) is 0 Å². The third-order valence-corrected chi connectivity index (χ3v) is 4.53. The van der Waals surface area contributed by atoms with Crippen molar-refractivity contribution in [3.8, 4) is 22.5 Å². The molecular formula is C21H18N2O4. The maximum atomic E-state index is 12.9. The van der Waals surface area contributed by atoms with Crippen LogP contribution in [-0.4, -0.2) is 27.0 Å². The van der Waals surface area contributed by atoms with Gasteiger partial charge in [-0.25, -0.2) is 0 Å². The van der Waals surface area contributed by atoms with Crippen LogP contribution in [0.25, 0.3) is 33.4 Å². The predicted molar refractivity (Wildman–Crippen MR) is 102 cm³/mol. The molecule has 1 unspecified atom stereocenters. The molecule has 2 heterocycles. The lowest BCUT2D eigenvalue weighted by atomic mass is 9.93. The molecule has 0 aliphatic rings. The fourth-order valence-electron chi connectivity index (χ4n) is 3.24. The summed E-state index contributed by atoms with van der Waals surface area (Å²) >= 11 is 0. The SMILES string of the molecule is Cc1cc(-c2c(-c3ccccc3)c3cc(C(O)CO)ccc3[nH]c2=O)on1. The number of aromatic amines is 1. The number of hydrogen-bond donors (Lipinski definition) is 3. The fourth-order valence-corrected chi connectivity index (χ4v) is 3.24. The highest BCUT2D eigenvalue weighted by molar-refractivity contribution is 6.01. The standard InChI is InChI=1S/C21H18N2O4/c1-12-9-18(27-23-12)20-19(13-5-3-2-4-6-13)15-10-14(17(25)11-24)7-8-16(15)22-21(20)26/h2-10,17,24-25H,11H2,1H3,(H,22,26). The number of nitrogens with zero attached hydrogens (tertiary/aromatic N) is 1. The fraction of sp³-hybridized carbons (Fsp3) is 0.143. The molecule has 4 aromatic rings. The first-order valence-corrected chi connectivity index (χ1v) is 8.56. The van der Waals surface area contributed by atoms with E-state index in [1.807, 2.05) is 30.3 Å². The van der Waals surface area contributed by atoms with Crippen molar-refractivity contribution in [2.45, 2.75) is 13.0 Å². The highest BCUT2D eigenvalue weighted by Crippen LogP contribution is 2.36. The molecule has 2 aromatic heterocycles. The minimum Gasteiger partial charge on any atom is -0.393 e. The first-order valence-electron chi connectivity index (χ1n) is 8.56. The number of aliphatic hydroxyl groups is 2. The Morgan fingerprint density at radius 3 is 2.56 bits per heavy atom. The molecule has 0 saturated heterocycles. The van der Waals surface area contributed by atoms with Crippen LogP contribution >= 0.6 is 0 Å². The average Bonchev–Trinajstić information content (AvgIpc) is 3.12. The van der Waals surface area contributed by atoms with Gasteiger partial charge < -0.3 is 19.7 Å². The molecule has 6 heteroatoms. The molecule has 27 heavy (non-hydrogen) atoms. The third-order valence-electron chi connectivity index (χ3n) is 4.53. The van der Waals surface area contributed by atoms with Gasteiger partial charge in [-0.05, 0) is 30.2 Å². The molecule has 0 fully saturated rings. The summed E-state index contributed by atoms with van der Waals surface area (Å²) in [5, 5.41) is 24.0. The van der Waals surface area contributed by atoms with E-state index >= 15 is 0 Å². The van der Waals surface area contributed by atoms with Gasteiger partial charge in [0.2, 0.25) is 0 Å². The summed E-state index contributed by atoms with van der Waals surface area (Å²) in [5.41, 5.74) is 3.50. The molecule has 0 radical (unpaired) electrons. The van der Waals surface area contributed by atoms with Crippen molar-refractivity contribution in [2.24, 2.45) is 0 Å². The quantitative estimate of drug-likeness (QED) is 0.518. The smallest absolute Gasteiger partial charge is 0.260 e. The predicted octanol–water partition coefficient (Wildman–Crippen LogP) is 3.18. The minimum atomic E-state index is -0.999. The van der Waals surface area contributed by atoms with Crippen LogP contribution in [0.4, 0.5) is 0 Å². The number of aryl methyl sites for hydroxylation is 1. The van der Waals surface area contributed by atoms with Crippen LogP contribution in [0.1, 0.15) is 17.4 Å². The van der Waals surface area contributed by atoms with Crippen LogP contribution in [0.5, 0.6) is 0 Å². The van der Waals surface area contributed by atoms with Gasteiger partial charge in [0, 0.05) is 22.5 Å². The van der Waals surface area contributed by atoms with Gasteiger partial charge in [-0.3, -0.25) is 4.79 Å². The summed E-state index contributed by atoms with van der Waals surface area (Å²) in [7, 11) is 0. The number of nitrogens with one attached hydrogen (secondary N) is 1. The average molecular weight is 362 g/mol. The summed E-state index contributed by atoms with van der Waals surface area (Å²) in [6.45, 7) is 1.41. The molecule has 136 valence electrons. The van der Waals surface area contributed by atoms with Crippen molar-refractivity contribution in [2.75, 3.05) is 6.61 Å². The van der Waals surface area contributed by atoms with E-state index in [9.17, 15) is 15.0 Å². The summed E-state index contributed by atoms with van der Waals surface area (Å²) in [6.07, 6.45) is -0.999. The van der Waals surface area contributed by atoms with Crippen LogP contribution in [0.3, 0.4) is 0 Å². The second-order valence-electron chi connectivity index (χ2n) is 6.41. The summed E-state index contributed by atoms with van der Waals surface area (Å²) < 4.78 is 5.38. The van der Waals surface area contributed by atoms with Gasteiger partial charge in [0.15, 0.2) is 5.76 Å². The Morgan fingerprint density at radius 2 is 1.89 bits per heavy atom. The number of benzene rings is 2. The van der Waals surface area contributed by atoms with E-state index in [2.05, 4.69) is 10.1 Å². The number of H-pyrrole nitrogens is 1. The Morgan fingerprint density at radius 1 is 1.11 bits per heavy atom. The number of fused-ring (bicyclic) bond motifs is 1. The van der Waals surface area contributed by atoms with Crippen LogP contribution in [0.2, 0.25) is 0 Å². The highest BCUT2D eigenvalue weighted by atomic mass is 16.5. The monoisotopic (exact) mass is 362 g/mol. The van der Waals surface area contributed by atoms with Crippen LogP contribution in [0.15, 0.2) is 63.9 Å². The van der Waals surface area contributed by atoms with E-state index in [0.717, 1.165) is 10.9 Å². The molecular weight excluding hydrogens is 344 g/mol. The van der Waals surface area contributed by atoms with Crippen molar-refractivity contribution in [1.29, 1.82) is 0 Å². The maximum Gasteiger partial charge on any atom is 0.260 e. The number of aliphatic hydroxyl groups excluding tert-OH is 2. The minimum absolute atomic E-state index is 0.284. The molecule has 0 aliphatic carbocycles. The number of aromatic nitrogens is 2. The van der Waals surface area contributed by atoms with E-state index in [0.29, 0.717) is 33.7 Å². The lowest BCUT2D eigenvalue weighted by molar-refractivity contribution is 0.0957. The summed E-state index contributed by atoms with van der Waals surface area (Å²) in [6, 6.07) is 16.4. The molecule has 1 atom stereocenters. The van der Waals surface area contributed by atoms with E-state index in [-0.39, 0.29) is 12.2 Å². The Balaban J connectivity index is 2.12. The number of pyridine rings is 1. The molecule has 2 aromatic carbocycles. The van der Waals surface area contributed by atoms with Crippen molar-refractivity contribution in [1.82, 2.24) is 10.1 Å². The van der Waals surface area contributed by atoms with E-state index in [4.69, 9.17) is 4.52 Å². The lowest BCUT2D eigenvalue weighted by Crippen LogP contribution is -2.11. The molecule has 4 rings (SSSR count). The Hall–Kier alpha value is -3.22. The highest BCUT2D eigenvalue weighted by Gasteiger charge is 2.20. The third kappa shape index (κ3) is 3.05. The second kappa shape index (κ2) is 6.83. The second-order valence-corrected chi connectivity index (χ2v) is 6.41. The van der Waals surface area contributed by atoms with E-state index < -0.39 is 6.10 Å². The maximum absolute atomic E-state index is 12.9. The Labute approximate surface area is 154 Å². The molecule has 0 spiro atoms. The molecule has 3 N–H and O–H groups in total. The Bertz CT molecular complexity index is 1160. The van der Waals surface area contributed by atoms with Crippen molar-refractivity contribution >= 4 is 10.9 Å². The lowest BCUT2D eigenvalue weighted by Gasteiger charge is -2.14. The van der Waals surface area contributed by atoms with Gasteiger partial charge in [-0.2, -0.15) is 0 Å². The number of rotatable bonds is 4. The van der Waals surface area contributed by atoms with Gasteiger partial charge in [0.05, 0.1) is 17.9 Å². The van der Waals surface area contributed by atoms with Gasteiger partial charge in [0.25, 0.3) is 5.56 Å². The van der Waals surface area contributed by atoms with Gasteiger partial charge in [0.1, 0.15) is 6.10 Å². The van der Waals surface area contributed by atoms with Crippen molar-refractivity contribution in [3.05, 3.63) is 76.2 Å². The largest absolute Gasteiger partial charge is 0.393 e.